The third-order valence-electron chi connectivity index (χ3n) is 9.84. The van der Waals surface area contributed by atoms with E-state index < -0.39 is 0 Å². The Kier molecular flexibility index (Phi) is 5.64. The molecular weight excluding hydrogens is 569 g/mol. The second-order valence-corrected chi connectivity index (χ2v) is 12.4. The van der Waals surface area contributed by atoms with E-state index in [9.17, 15) is 0 Å². The molecule has 0 atom stereocenters. The SMILES string of the molecule is c1ccc(-c2ccc(-c3c4ccccc4c(-c4cccc(-c5ccc6oc7cccc8ccc5c6c87)c4)c4ccccc34)cc2)cc1. The van der Waals surface area contributed by atoms with Crippen LogP contribution in [0.2, 0.25) is 0 Å². The second-order valence-electron chi connectivity index (χ2n) is 12.4. The number of benzene rings is 9. The van der Waals surface area contributed by atoms with E-state index in [2.05, 4.69) is 170 Å². The first-order valence-corrected chi connectivity index (χ1v) is 16.2. The summed E-state index contributed by atoms with van der Waals surface area (Å²) in [7, 11) is 0. The molecule has 9 aromatic carbocycles. The van der Waals surface area contributed by atoms with Gasteiger partial charge < -0.3 is 4.42 Å². The molecule has 1 aromatic heterocycles. The summed E-state index contributed by atoms with van der Waals surface area (Å²) in [6.07, 6.45) is 0. The molecule has 0 aliphatic rings. The van der Waals surface area contributed by atoms with Gasteiger partial charge in [0, 0.05) is 10.8 Å². The number of fused-ring (bicyclic) bond motifs is 2. The summed E-state index contributed by atoms with van der Waals surface area (Å²) in [5.74, 6) is 0. The molecule has 47 heavy (non-hydrogen) atoms. The lowest BCUT2D eigenvalue weighted by atomic mass is 9.85. The van der Waals surface area contributed by atoms with E-state index >= 15 is 0 Å². The van der Waals surface area contributed by atoms with Crippen LogP contribution in [0.5, 0.6) is 0 Å². The first-order chi connectivity index (χ1) is 23.3. The zero-order chi connectivity index (χ0) is 30.9. The van der Waals surface area contributed by atoms with Crippen molar-refractivity contribution in [2.45, 2.75) is 0 Å². The van der Waals surface area contributed by atoms with Crippen molar-refractivity contribution in [1.29, 1.82) is 0 Å². The maximum atomic E-state index is 6.27. The maximum absolute atomic E-state index is 6.27. The summed E-state index contributed by atoms with van der Waals surface area (Å²) in [6, 6.07) is 61.6. The van der Waals surface area contributed by atoms with Crippen LogP contribution in [-0.2, 0) is 0 Å². The summed E-state index contributed by atoms with van der Waals surface area (Å²) >= 11 is 0. The molecule has 0 aliphatic heterocycles. The fraction of sp³-hybridized carbons (Fsp3) is 0. The van der Waals surface area contributed by atoms with Crippen molar-refractivity contribution >= 4 is 54.3 Å². The summed E-state index contributed by atoms with van der Waals surface area (Å²) in [4.78, 5) is 0. The normalized spacial score (nSPS) is 11.8. The summed E-state index contributed by atoms with van der Waals surface area (Å²) in [5, 5.41) is 9.89. The van der Waals surface area contributed by atoms with Crippen LogP contribution in [-0.4, -0.2) is 0 Å². The third kappa shape index (κ3) is 3.97. The minimum absolute atomic E-state index is 0.941. The van der Waals surface area contributed by atoms with Gasteiger partial charge in [-0.05, 0) is 95.0 Å². The molecule has 0 saturated carbocycles. The Morgan fingerprint density at radius 3 is 1.57 bits per heavy atom. The Morgan fingerprint density at radius 2 is 0.851 bits per heavy atom. The van der Waals surface area contributed by atoms with Crippen molar-refractivity contribution in [3.8, 4) is 44.5 Å². The molecule has 0 N–H and O–H groups in total. The largest absolute Gasteiger partial charge is 0.456 e. The third-order valence-corrected chi connectivity index (χ3v) is 9.84. The minimum atomic E-state index is 0.941. The van der Waals surface area contributed by atoms with E-state index in [-0.39, 0.29) is 0 Å². The van der Waals surface area contributed by atoms with Crippen LogP contribution in [0.4, 0.5) is 0 Å². The molecule has 10 aromatic rings. The van der Waals surface area contributed by atoms with Crippen LogP contribution in [0, 0.1) is 0 Å². The van der Waals surface area contributed by atoms with Gasteiger partial charge in [-0.1, -0.05) is 152 Å². The van der Waals surface area contributed by atoms with Crippen LogP contribution in [0.3, 0.4) is 0 Å². The Balaban J connectivity index is 1.18. The van der Waals surface area contributed by atoms with E-state index in [1.54, 1.807) is 0 Å². The van der Waals surface area contributed by atoms with Crippen molar-refractivity contribution in [1.82, 2.24) is 0 Å². The van der Waals surface area contributed by atoms with Crippen molar-refractivity contribution in [2.24, 2.45) is 0 Å². The van der Waals surface area contributed by atoms with Gasteiger partial charge in [-0.2, -0.15) is 0 Å². The molecule has 1 heterocycles. The summed E-state index contributed by atoms with van der Waals surface area (Å²) in [5.41, 5.74) is 11.7. The summed E-state index contributed by atoms with van der Waals surface area (Å²) < 4.78 is 6.27. The van der Waals surface area contributed by atoms with Gasteiger partial charge in [0.15, 0.2) is 0 Å². The molecule has 1 heteroatoms. The Bertz CT molecular complexity index is 2710. The number of furan rings is 1. The highest BCUT2D eigenvalue weighted by atomic mass is 16.3. The predicted molar refractivity (Wildman–Crippen MR) is 199 cm³/mol. The van der Waals surface area contributed by atoms with E-state index in [1.165, 1.54) is 87.6 Å². The molecule has 10 rings (SSSR count). The van der Waals surface area contributed by atoms with Gasteiger partial charge in [0.2, 0.25) is 0 Å². The van der Waals surface area contributed by atoms with Crippen LogP contribution >= 0.6 is 0 Å². The minimum Gasteiger partial charge on any atom is -0.456 e. The van der Waals surface area contributed by atoms with Crippen LogP contribution in [0.15, 0.2) is 174 Å². The van der Waals surface area contributed by atoms with Crippen molar-refractivity contribution in [2.75, 3.05) is 0 Å². The highest BCUT2D eigenvalue weighted by Crippen LogP contribution is 2.46. The van der Waals surface area contributed by atoms with Gasteiger partial charge in [0.05, 0.1) is 0 Å². The number of hydrogen-bond acceptors (Lipinski definition) is 1. The van der Waals surface area contributed by atoms with Crippen LogP contribution in [0.1, 0.15) is 0 Å². The topological polar surface area (TPSA) is 13.1 Å². The summed E-state index contributed by atoms with van der Waals surface area (Å²) in [6.45, 7) is 0. The van der Waals surface area contributed by atoms with E-state index in [0.29, 0.717) is 0 Å². The lowest BCUT2D eigenvalue weighted by Crippen LogP contribution is -1.91. The van der Waals surface area contributed by atoms with Gasteiger partial charge in [0.1, 0.15) is 11.2 Å². The maximum Gasteiger partial charge on any atom is 0.136 e. The van der Waals surface area contributed by atoms with Crippen LogP contribution < -0.4 is 0 Å². The molecule has 0 radical (unpaired) electrons. The molecule has 0 spiro atoms. The molecule has 0 saturated heterocycles. The Hall–Kier alpha value is -6.18. The average Bonchev–Trinajstić information content (AvgIpc) is 3.53. The first-order valence-electron chi connectivity index (χ1n) is 16.2. The molecule has 1 nitrogen and oxygen atoms in total. The Labute approximate surface area is 272 Å². The number of hydrogen-bond donors (Lipinski definition) is 0. The second kappa shape index (κ2) is 10.2. The first kappa shape index (κ1) is 26.1. The van der Waals surface area contributed by atoms with E-state index in [4.69, 9.17) is 4.42 Å². The standard InChI is InChI=1S/C46H28O/c1-2-10-29(11-3-1)30-20-22-32(23-21-30)43-36-15-4-6-17-38(36)44(39-18-7-5-16-37(39)43)34-14-8-13-33(28-34)35-26-27-42-46-40(35)25-24-31-12-9-19-41(47-42)45(31)46/h1-28H. The number of rotatable bonds is 4. The molecule has 0 fully saturated rings. The fourth-order valence-electron chi connectivity index (χ4n) is 7.75. The van der Waals surface area contributed by atoms with Crippen molar-refractivity contribution in [3.63, 3.8) is 0 Å². The molecule has 0 unspecified atom stereocenters. The zero-order valence-corrected chi connectivity index (χ0v) is 25.6. The van der Waals surface area contributed by atoms with Gasteiger partial charge >= 0.3 is 0 Å². The van der Waals surface area contributed by atoms with E-state index in [0.717, 1.165) is 11.2 Å². The van der Waals surface area contributed by atoms with Gasteiger partial charge in [-0.25, -0.2) is 0 Å². The van der Waals surface area contributed by atoms with Gasteiger partial charge in [-0.3, -0.25) is 0 Å². The van der Waals surface area contributed by atoms with E-state index in [1.807, 2.05) is 0 Å². The predicted octanol–water partition coefficient (Wildman–Crippen LogP) is 13.2. The van der Waals surface area contributed by atoms with Crippen molar-refractivity contribution in [3.05, 3.63) is 170 Å². The highest BCUT2D eigenvalue weighted by molar-refractivity contribution is 6.25. The van der Waals surface area contributed by atoms with Crippen molar-refractivity contribution < 1.29 is 4.42 Å². The fourth-order valence-corrected chi connectivity index (χ4v) is 7.75. The average molecular weight is 597 g/mol. The highest BCUT2D eigenvalue weighted by Gasteiger charge is 2.19. The molecule has 0 amide bonds. The monoisotopic (exact) mass is 596 g/mol. The quantitative estimate of drug-likeness (QED) is 0.145. The van der Waals surface area contributed by atoms with Gasteiger partial charge in [0.25, 0.3) is 0 Å². The van der Waals surface area contributed by atoms with Gasteiger partial charge in [-0.15, -0.1) is 0 Å². The molecular formula is C46H28O. The van der Waals surface area contributed by atoms with Crippen LogP contribution in [0.25, 0.3) is 98.8 Å². The lowest BCUT2D eigenvalue weighted by molar-refractivity contribution is 0.669. The smallest absolute Gasteiger partial charge is 0.136 e. The zero-order valence-electron chi connectivity index (χ0n) is 25.6. The Morgan fingerprint density at radius 1 is 0.298 bits per heavy atom. The molecule has 0 bridgehead atoms. The molecule has 218 valence electrons. The lowest BCUT2D eigenvalue weighted by Gasteiger charge is -2.18. The molecule has 0 aliphatic carbocycles.